The van der Waals surface area contributed by atoms with Gasteiger partial charge >= 0.3 is 5.97 Å². The molecule has 2 aliphatic rings. The Morgan fingerprint density at radius 1 is 0.571 bits per heavy atom. The molecule has 2 heterocycles. The van der Waals surface area contributed by atoms with E-state index in [0.29, 0.717) is 6.61 Å². The fraction of sp³-hybridized carbons (Fsp3) is 0.929. The molecule has 7 N–H and O–H groups in total. The number of hydrogen-bond donors (Lipinski definition) is 7. The molecule has 0 aromatic carbocycles. The minimum absolute atomic E-state index is 0.0540. The Balaban J connectivity index is 1.56. The van der Waals surface area contributed by atoms with Crippen molar-refractivity contribution in [2.24, 2.45) is 0 Å². The highest BCUT2D eigenvalue weighted by Gasteiger charge is 2.47. The van der Waals surface area contributed by atoms with E-state index in [2.05, 4.69) is 19.1 Å². The zero-order valence-corrected chi connectivity index (χ0v) is 34.4. The maximum atomic E-state index is 12.1. The van der Waals surface area contributed by atoms with Gasteiger partial charge in [-0.1, -0.05) is 122 Å². The summed E-state index contributed by atoms with van der Waals surface area (Å²) in [6.07, 6.45) is 14.2. The molecule has 11 unspecified atom stereocenters. The highest BCUT2D eigenvalue weighted by molar-refractivity contribution is 5.69. The third-order valence-corrected chi connectivity index (χ3v) is 10.6. The number of carbonyl (C=O) groups excluding carboxylic acids is 1. The average molecular weight is 807 g/mol. The average Bonchev–Trinajstić information content (AvgIpc) is 3.20. The molecule has 0 spiro atoms. The van der Waals surface area contributed by atoms with Gasteiger partial charge in [0.15, 0.2) is 12.6 Å². The van der Waals surface area contributed by atoms with Crippen LogP contribution in [0.25, 0.3) is 0 Å². The van der Waals surface area contributed by atoms with Gasteiger partial charge in [0.2, 0.25) is 0 Å². The molecule has 56 heavy (non-hydrogen) atoms. The molecular weight excluding hydrogens is 728 g/mol. The molecule has 0 aromatic rings. The Bertz CT molecular complexity index is 985. The standard InChI is InChI=1S/C42H78O14/c1-3-5-6-7-8-9-10-11-12-13-14-15-16-17-18-19-20-21-22-23-24-25-26-51-28-31(54-34(44)4-2)29-52-41-40(50)38(48)36(46)33(56-41)30-53-42-39(49)37(47)35(45)32(27-43)55-42/h13-14,31-33,35-43,45-50H,3-12,15-30H2,1-2H3/b14-13-. The zero-order chi connectivity index (χ0) is 41.0. The third kappa shape index (κ3) is 20.6. The summed E-state index contributed by atoms with van der Waals surface area (Å²) < 4.78 is 33.4. The van der Waals surface area contributed by atoms with Crippen LogP contribution in [0.4, 0.5) is 0 Å². The first-order valence-electron chi connectivity index (χ1n) is 21.8. The number of esters is 1. The van der Waals surface area contributed by atoms with Crippen molar-refractivity contribution in [3.63, 3.8) is 0 Å². The van der Waals surface area contributed by atoms with Gasteiger partial charge in [0.1, 0.15) is 54.9 Å². The summed E-state index contributed by atoms with van der Waals surface area (Å²) in [5.41, 5.74) is 0. The number of rotatable bonds is 33. The monoisotopic (exact) mass is 807 g/mol. The second-order valence-corrected chi connectivity index (χ2v) is 15.5. The predicted molar refractivity (Wildman–Crippen MR) is 210 cm³/mol. The Hall–Kier alpha value is -1.27. The summed E-state index contributed by atoms with van der Waals surface area (Å²) >= 11 is 0. The van der Waals surface area contributed by atoms with E-state index in [1.54, 1.807) is 6.92 Å². The molecule has 14 heteroatoms. The molecule has 14 nitrogen and oxygen atoms in total. The van der Waals surface area contributed by atoms with Crippen LogP contribution in [0.2, 0.25) is 0 Å². The molecule has 2 aliphatic heterocycles. The van der Waals surface area contributed by atoms with Crippen LogP contribution in [0.3, 0.4) is 0 Å². The first kappa shape index (κ1) is 50.9. The van der Waals surface area contributed by atoms with Crippen molar-refractivity contribution < 1.29 is 69.0 Å². The van der Waals surface area contributed by atoms with Crippen LogP contribution in [-0.4, -0.2) is 142 Å². The van der Waals surface area contributed by atoms with Crippen molar-refractivity contribution in [1.82, 2.24) is 0 Å². The molecule has 0 saturated carbocycles. The molecule has 0 amide bonds. The normalized spacial score (nSPS) is 28.9. The Kier molecular flexibility index (Phi) is 28.7. The Morgan fingerprint density at radius 2 is 1.04 bits per heavy atom. The number of aliphatic hydroxyl groups is 7. The van der Waals surface area contributed by atoms with Gasteiger partial charge in [-0.05, 0) is 32.1 Å². The van der Waals surface area contributed by atoms with Crippen molar-refractivity contribution >= 4 is 5.97 Å². The summed E-state index contributed by atoms with van der Waals surface area (Å²) in [6.45, 7) is 3.10. The lowest BCUT2D eigenvalue weighted by molar-refractivity contribution is -0.332. The lowest BCUT2D eigenvalue weighted by atomic mass is 9.98. The number of carbonyl (C=O) groups is 1. The molecule has 330 valence electrons. The van der Waals surface area contributed by atoms with E-state index >= 15 is 0 Å². The molecule has 2 fully saturated rings. The predicted octanol–water partition coefficient (Wildman–Crippen LogP) is 4.34. The Labute approximate surface area is 335 Å². The fourth-order valence-corrected chi connectivity index (χ4v) is 6.90. The molecule has 0 radical (unpaired) electrons. The summed E-state index contributed by atoms with van der Waals surface area (Å²) in [7, 11) is 0. The van der Waals surface area contributed by atoms with Gasteiger partial charge in [-0.3, -0.25) is 4.79 Å². The summed E-state index contributed by atoms with van der Waals surface area (Å²) in [6, 6.07) is 0. The molecular formula is C42H78O14. The number of ether oxygens (including phenoxy) is 6. The number of unbranched alkanes of at least 4 members (excludes halogenated alkanes) is 18. The van der Waals surface area contributed by atoms with Gasteiger partial charge in [0.25, 0.3) is 0 Å². The van der Waals surface area contributed by atoms with Crippen molar-refractivity contribution in [2.45, 2.75) is 216 Å². The fourth-order valence-electron chi connectivity index (χ4n) is 6.90. The van der Waals surface area contributed by atoms with Crippen LogP contribution >= 0.6 is 0 Å². The maximum absolute atomic E-state index is 12.1. The van der Waals surface area contributed by atoms with Crippen LogP contribution in [0.5, 0.6) is 0 Å². The summed E-state index contributed by atoms with van der Waals surface area (Å²) in [5, 5.41) is 71.1. The van der Waals surface area contributed by atoms with Gasteiger partial charge in [0, 0.05) is 13.0 Å². The van der Waals surface area contributed by atoms with Crippen LogP contribution in [0, 0.1) is 0 Å². The van der Waals surface area contributed by atoms with Gasteiger partial charge < -0.3 is 64.2 Å². The van der Waals surface area contributed by atoms with Gasteiger partial charge in [-0.2, -0.15) is 0 Å². The smallest absolute Gasteiger partial charge is 0.305 e. The van der Waals surface area contributed by atoms with E-state index in [0.717, 1.165) is 19.3 Å². The molecule has 2 rings (SSSR count). The minimum Gasteiger partial charge on any atom is -0.457 e. The Morgan fingerprint density at radius 3 is 1.55 bits per heavy atom. The topological polar surface area (TPSA) is 214 Å². The van der Waals surface area contributed by atoms with Crippen LogP contribution < -0.4 is 0 Å². The van der Waals surface area contributed by atoms with E-state index in [4.69, 9.17) is 28.4 Å². The van der Waals surface area contributed by atoms with Crippen LogP contribution in [0.15, 0.2) is 12.2 Å². The van der Waals surface area contributed by atoms with Crippen molar-refractivity contribution in [2.75, 3.05) is 33.0 Å². The van der Waals surface area contributed by atoms with E-state index in [9.17, 15) is 40.5 Å². The molecule has 0 bridgehead atoms. The molecule has 0 aromatic heterocycles. The van der Waals surface area contributed by atoms with E-state index < -0.39 is 86.7 Å². The maximum Gasteiger partial charge on any atom is 0.305 e. The van der Waals surface area contributed by atoms with Crippen molar-refractivity contribution in [3.05, 3.63) is 12.2 Å². The van der Waals surface area contributed by atoms with Gasteiger partial charge in [0.05, 0.1) is 26.4 Å². The van der Waals surface area contributed by atoms with Crippen LogP contribution in [-0.2, 0) is 33.2 Å². The van der Waals surface area contributed by atoms with Crippen molar-refractivity contribution in [3.8, 4) is 0 Å². The first-order valence-corrected chi connectivity index (χ1v) is 21.8. The lowest BCUT2D eigenvalue weighted by Crippen LogP contribution is -2.61. The SMILES string of the molecule is CCCCCCCCCC/C=C\CCCCCCCCCCCCOCC(COC1OC(COC2OC(CO)C(O)C(O)C2O)C(O)C(O)C1O)OC(=O)CC. The number of allylic oxidation sites excluding steroid dienone is 2. The van der Waals surface area contributed by atoms with Gasteiger partial charge in [-0.15, -0.1) is 0 Å². The largest absolute Gasteiger partial charge is 0.457 e. The third-order valence-electron chi connectivity index (χ3n) is 10.6. The highest BCUT2D eigenvalue weighted by Crippen LogP contribution is 2.26. The summed E-state index contributed by atoms with van der Waals surface area (Å²) in [5.74, 6) is -0.463. The second kappa shape index (κ2) is 31.6. The first-order chi connectivity index (χ1) is 27.1. The molecule has 0 aliphatic carbocycles. The number of hydrogen-bond acceptors (Lipinski definition) is 14. The zero-order valence-electron chi connectivity index (χ0n) is 34.4. The van der Waals surface area contributed by atoms with Crippen LogP contribution in [0.1, 0.15) is 149 Å². The molecule has 11 atom stereocenters. The minimum atomic E-state index is -1.70. The quantitative estimate of drug-likeness (QED) is 0.0279. The van der Waals surface area contributed by atoms with Gasteiger partial charge in [-0.25, -0.2) is 0 Å². The van der Waals surface area contributed by atoms with E-state index in [1.807, 2.05) is 0 Å². The number of aliphatic hydroxyl groups excluding tert-OH is 7. The summed E-state index contributed by atoms with van der Waals surface area (Å²) in [4.78, 5) is 12.1. The highest BCUT2D eigenvalue weighted by atomic mass is 16.7. The second-order valence-electron chi connectivity index (χ2n) is 15.5. The molecule has 2 saturated heterocycles. The van der Waals surface area contributed by atoms with E-state index in [1.165, 1.54) is 109 Å². The van der Waals surface area contributed by atoms with E-state index in [-0.39, 0.29) is 19.6 Å². The lowest BCUT2D eigenvalue weighted by Gasteiger charge is -2.42. The van der Waals surface area contributed by atoms with Crippen molar-refractivity contribution in [1.29, 1.82) is 0 Å².